The van der Waals surface area contributed by atoms with Crippen molar-refractivity contribution in [2.24, 2.45) is 0 Å². The van der Waals surface area contributed by atoms with Gasteiger partial charge in [0.25, 0.3) is 0 Å². The third-order valence-corrected chi connectivity index (χ3v) is 4.13. The third-order valence-electron chi connectivity index (χ3n) is 4.13. The Morgan fingerprint density at radius 2 is 2.10 bits per heavy atom. The topological polar surface area (TPSA) is 41.5 Å². The molecular weight excluding hydrogens is 269 g/mol. The van der Waals surface area contributed by atoms with Gasteiger partial charge in [-0.1, -0.05) is 25.3 Å². The first-order valence-corrected chi connectivity index (χ1v) is 8.00. The van der Waals surface area contributed by atoms with Gasteiger partial charge in [0, 0.05) is 24.3 Å². The lowest BCUT2D eigenvalue weighted by molar-refractivity contribution is 0.0271. The minimum Gasteiger partial charge on any atom is -0.508 e. The molecule has 1 fully saturated rings. The van der Waals surface area contributed by atoms with Crippen molar-refractivity contribution in [3.05, 3.63) is 29.6 Å². The summed E-state index contributed by atoms with van der Waals surface area (Å²) in [6.07, 6.45) is 7.70. The molecule has 2 rings (SSSR count). The molecule has 0 aliphatic heterocycles. The summed E-state index contributed by atoms with van der Waals surface area (Å²) in [5, 5.41) is 12.5. The summed E-state index contributed by atoms with van der Waals surface area (Å²) < 4.78 is 19.6. The first-order valence-electron chi connectivity index (χ1n) is 8.00. The number of nitrogens with one attached hydrogen (secondary N) is 1. The van der Waals surface area contributed by atoms with Crippen LogP contribution in [0.15, 0.2) is 18.2 Å². The van der Waals surface area contributed by atoms with Crippen LogP contribution in [0.5, 0.6) is 5.75 Å². The Labute approximate surface area is 126 Å². The van der Waals surface area contributed by atoms with Crippen LogP contribution in [-0.4, -0.2) is 24.4 Å². The van der Waals surface area contributed by atoms with Gasteiger partial charge in [0.15, 0.2) is 0 Å². The van der Waals surface area contributed by atoms with E-state index in [9.17, 15) is 9.50 Å². The van der Waals surface area contributed by atoms with Gasteiger partial charge in [-0.2, -0.15) is 0 Å². The van der Waals surface area contributed by atoms with E-state index in [-0.39, 0.29) is 17.6 Å². The van der Waals surface area contributed by atoms with Gasteiger partial charge < -0.3 is 15.2 Å². The number of phenolic OH excluding ortho intramolecular Hbond substituents is 1. The van der Waals surface area contributed by atoms with Gasteiger partial charge in [0.05, 0.1) is 6.10 Å². The van der Waals surface area contributed by atoms with Gasteiger partial charge in [-0.05, 0) is 38.8 Å². The van der Waals surface area contributed by atoms with Crippen molar-refractivity contribution >= 4 is 0 Å². The number of halogens is 1. The fourth-order valence-corrected chi connectivity index (χ4v) is 2.85. The monoisotopic (exact) mass is 295 g/mol. The maximum absolute atomic E-state index is 13.7. The van der Waals surface area contributed by atoms with Gasteiger partial charge in [-0.3, -0.25) is 0 Å². The van der Waals surface area contributed by atoms with Gasteiger partial charge >= 0.3 is 0 Å². The number of aromatic hydroxyl groups is 1. The van der Waals surface area contributed by atoms with Crippen molar-refractivity contribution in [1.82, 2.24) is 5.32 Å². The summed E-state index contributed by atoms with van der Waals surface area (Å²) in [6, 6.07) is 4.23. The molecule has 21 heavy (non-hydrogen) atoms. The molecule has 1 atom stereocenters. The fourth-order valence-electron chi connectivity index (χ4n) is 2.85. The predicted molar refractivity (Wildman–Crippen MR) is 81.9 cm³/mol. The Hall–Kier alpha value is -1.13. The molecule has 1 unspecified atom stereocenters. The summed E-state index contributed by atoms with van der Waals surface area (Å²) in [7, 11) is 0. The van der Waals surface area contributed by atoms with Crippen LogP contribution in [0.2, 0.25) is 0 Å². The Kier molecular flexibility index (Phi) is 6.46. The molecule has 1 aromatic carbocycles. The minimum atomic E-state index is -0.367. The molecule has 1 aromatic rings. The van der Waals surface area contributed by atoms with E-state index in [4.69, 9.17) is 4.74 Å². The van der Waals surface area contributed by atoms with Crippen LogP contribution in [-0.2, 0) is 4.74 Å². The lowest BCUT2D eigenvalue weighted by Crippen LogP contribution is -2.23. The number of hydrogen-bond acceptors (Lipinski definition) is 3. The molecule has 1 aliphatic rings. The van der Waals surface area contributed by atoms with Gasteiger partial charge in [0.1, 0.15) is 11.6 Å². The Bertz CT molecular complexity index is 433. The van der Waals surface area contributed by atoms with Crippen LogP contribution in [0, 0.1) is 5.82 Å². The van der Waals surface area contributed by atoms with Crippen LogP contribution in [0.3, 0.4) is 0 Å². The van der Waals surface area contributed by atoms with Crippen molar-refractivity contribution in [1.29, 1.82) is 0 Å². The van der Waals surface area contributed by atoms with Crippen molar-refractivity contribution in [2.75, 3.05) is 13.2 Å². The average Bonchev–Trinajstić information content (AvgIpc) is 2.47. The average molecular weight is 295 g/mol. The molecule has 0 bridgehead atoms. The standard InChI is InChI=1S/C17H26FNO2/c1-13(16-9-8-14(20)12-17(16)18)19-10-5-11-21-15-6-3-2-4-7-15/h8-9,12-13,15,19-20H,2-7,10-11H2,1H3. The summed E-state index contributed by atoms with van der Waals surface area (Å²) in [5.41, 5.74) is 0.584. The van der Waals surface area contributed by atoms with E-state index in [1.807, 2.05) is 6.92 Å². The SMILES string of the molecule is CC(NCCCOC1CCCCC1)c1ccc(O)cc1F. The molecule has 4 heteroatoms. The van der Waals surface area contributed by atoms with E-state index >= 15 is 0 Å². The van der Waals surface area contributed by atoms with E-state index < -0.39 is 0 Å². The molecule has 2 N–H and O–H groups in total. The highest BCUT2D eigenvalue weighted by atomic mass is 19.1. The number of phenols is 1. The van der Waals surface area contributed by atoms with E-state index in [0.29, 0.717) is 11.7 Å². The molecule has 0 aromatic heterocycles. The molecule has 0 spiro atoms. The summed E-state index contributed by atoms with van der Waals surface area (Å²) >= 11 is 0. The van der Waals surface area contributed by atoms with E-state index in [1.54, 1.807) is 6.07 Å². The zero-order valence-electron chi connectivity index (χ0n) is 12.8. The molecule has 3 nitrogen and oxygen atoms in total. The highest BCUT2D eigenvalue weighted by molar-refractivity contribution is 5.29. The highest BCUT2D eigenvalue weighted by Crippen LogP contribution is 2.21. The molecule has 1 saturated carbocycles. The summed E-state index contributed by atoms with van der Waals surface area (Å²) in [6.45, 7) is 3.49. The number of hydrogen-bond donors (Lipinski definition) is 2. The van der Waals surface area contributed by atoms with Crippen LogP contribution in [0.25, 0.3) is 0 Å². The minimum absolute atomic E-state index is 0.0377. The summed E-state index contributed by atoms with van der Waals surface area (Å²) in [4.78, 5) is 0. The van der Waals surface area contributed by atoms with Crippen LogP contribution in [0.4, 0.5) is 4.39 Å². The zero-order valence-corrected chi connectivity index (χ0v) is 12.8. The largest absolute Gasteiger partial charge is 0.508 e. The molecular formula is C17H26FNO2. The van der Waals surface area contributed by atoms with Crippen LogP contribution in [0.1, 0.15) is 57.1 Å². The van der Waals surface area contributed by atoms with Crippen molar-refractivity contribution in [3.63, 3.8) is 0 Å². The molecule has 118 valence electrons. The maximum atomic E-state index is 13.7. The van der Waals surface area contributed by atoms with E-state index in [0.717, 1.165) is 25.6 Å². The third kappa shape index (κ3) is 5.29. The zero-order chi connectivity index (χ0) is 15.1. The first kappa shape index (κ1) is 16.2. The molecule has 0 heterocycles. The number of ether oxygens (including phenoxy) is 1. The van der Waals surface area contributed by atoms with Crippen LogP contribution >= 0.6 is 0 Å². The van der Waals surface area contributed by atoms with Crippen molar-refractivity contribution in [2.45, 2.75) is 57.6 Å². The quantitative estimate of drug-likeness (QED) is 0.749. The van der Waals surface area contributed by atoms with Crippen LogP contribution < -0.4 is 5.32 Å². The molecule has 1 aliphatic carbocycles. The number of rotatable bonds is 7. The Morgan fingerprint density at radius 1 is 1.33 bits per heavy atom. The molecule has 0 amide bonds. The Morgan fingerprint density at radius 3 is 2.81 bits per heavy atom. The first-order chi connectivity index (χ1) is 10.2. The highest BCUT2D eigenvalue weighted by Gasteiger charge is 2.13. The van der Waals surface area contributed by atoms with Crippen molar-refractivity contribution in [3.8, 4) is 5.75 Å². The second-order valence-electron chi connectivity index (χ2n) is 5.87. The molecule has 0 radical (unpaired) electrons. The maximum Gasteiger partial charge on any atom is 0.131 e. The second kappa shape index (κ2) is 8.35. The van der Waals surface area contributed by atoms with Gasteiger partial charge in [-0.25, -0.2) is 4.39 Å². The fraction of sp³-hybridized carbons (Fsp3) is 0.647. The smallest absolute Gasteiger partial charge is 0.131 e. The Balaban J connectivity index is 1.63. The summed E-state index contributed by atoms with van der Waals surface area (Å²) in [5.74, 6) is -0.405. The van der Waals surface area contributed by atoms with Crippen molar-refractivity contribution < 1.29 is 14.2 Å². The van der Waals surface area contributed by atoms with E-state index in [1.165, 1.54) is 38.2 Å². The predicted octanol–water partition coefficient (Wildman–Crippen LogP) is 3.92. The van der Waals surface area contributed by atoms with Gasteiger partial charge in [-0.15, -0.1) is 0 Å². The lowest BCUT2D eigenvalue weighted by atomic mass is 9.98. The van der Waals surface area contributed by atoms with E-state index in [2.05, 4.69) is 5.32 Å². The van der Waals surface area contributed by atoms with Gasteiger partial charge in [0.2, 0.25) is 0 Å². The normalized spacial score (nSPS) is 17.8. The molecule has 0 saturated heterocycles. The second-order valence-corrected chi connectivity index (χ2v) is 5.87. The number of benzene rings is 1. The lowest BCUT2D eigenvalue weighted by Gasteiger charge is -2.22.